The minimum atomic E-state index is -1.12. The van der Waals surface area contributed by atoms with E-state index in [-0.39, 0.29) is 22.3 Å². The number of rotatable bonds is 4. The molecule has 2 rings (SSSR count). The second-order valence-electron chi connectivity index (χ2n) is 5.11. The zero-order valence-corrected chi connectivity index (χ0v) is 12.1. The molecule has 0 aliphatic rings. The van der Waals surface area contributed by atoms with Gasteiger partial charge in [-0.05, 0) is 61.4 Å². The van der Waals surface area contributed by atoms with Crippen LogP contribution in [0.15, 0.2) is 36.4 Å². The standard InChI is InChI=1S/C17H14O5/c1-9-3-11(7-13(5-9)16(19)20)15(18)12-4-10(2)6-14(8-12)17(21)22/h3-8H,1-2H3,(H,19,20)(H,21,22). The molecule has 0 heterocycles. The van der Waals surface area contributed by atoms with E-state index in [0.717, 1.165) is 0 Å². The van der Waals surface area contributed by atoms with Crippen molar-refractivity contribution in [3.63, 3.8) is 0 Å². The summed E-state index contributed by atoms with van der Waals surface area (Å²) in [6, 6.07) is 8.69. The van der Waals surface area contributed by atoms with Crippen molar-refractivity contribution in [1.82, 2.24) is 0 Å². The van der Waals surface area contributed by atoms with Gasteiger partial charge in [0.1, 0.15) is 0 Å². The first-order valence-electron chi connectivity index (χ1n) is 6.52. The Morgan fingerprint density at radius 2 is 0.955 bits per heavy atom. The van der Waals surface area contributed by atoms with E-state index in [1.54, 1.807) is 26.0 Å². The third-order valence-electron chi connectivity index (χ3n) is 3.17. The average Bonchev–Trinajstić information content (AvgIpc) is 2.45. The first kappa shape index (κ1) is 15.4. The molecule has 0 unspecified atom stereocenters. The summed E-state index contributed by atoms with van der Waals surface area (Å²) in [6.45, 7) is 3.39. The van der Waals surface area contributed by atoms with Crippen molar-refractivity contribution in [1.29, 1.82) is 0 Å². The van der Waals surface area contributed by atoms with Crippen molar-refractivity contribution >= 4 is 17.7 Å². The highest BCUT2D eigenvalue weighted by atomic mass is 16.4. The summed E-state index contributed by atoms with van der Waals surface area (Å²) in [4.78, 5) is 34.7. The van der Waals surface area contributed by atoms with Crippen LogP contribution in [0.25, 0.3) is 0 Å². The molecule has 0 aliphatic carbocycles. The lowest BCUT2D eigenvalue weighted by Crippen LogP contribution is -2.07. The third kappa shape index (κ3) is 3.20. The Bertz CT molecular complexity index is 724. The van der Waals surface area contributed by atoms with Crippen LogP contribution in [0.4, 0.5) is 0 Å². The Kier molecular flexibility index (Phi) is 4.08. The molecule has 0 amide bonds. The number of carbonyl (C=O) groups excluding carboxylic acids is 1. The summed E-state index contributed by atoms with van der Waals surface area (Å²) in [5.41, 5.74) is 1.78. The number of carbonyl (C=O) groups is 3. The van der Waals surface area contributed by atoms with Crippen LogP contribution in [0.3, 0.4) is 0 Å². The molecule has 5 nitrogen and oxygen atoms in total. The second kappa shape index (κ2) is 5.81. The maximum absolute atomic E-state index is 12.5. The van der Waals surface area contributed by atoms with Gasteiger partial charge in [-0.25, -0.2) is 9.59 Å². The fraction of sp³-hybridized carbons (Fsp3) is 0.118. The summed E-state index contributed by atoms with van der Waals surface area (Å²) < 4.78 is 0. The number of carboxylic acid groups (broad SMARTS) is 2. The number of hydrogen-bond acceptors (Lipinski definition) is 3. The van der Waals surface area contributed by atoms with E-state index in [1.807, 2.05) is 0 Å². The Labute approximate surface area is 126 Å². The minimum Gasteiger partial charge on any atom is -0.478 e. The fourth-order valence-electron chi connectivity index (χ4n) is 2.24. The number of aryl methyl sites for hydroxylation is 2. The van der Waals surface area contributed by atoms with E-state index in [4.69, 9.17) is 10.2 Å². The molecule has 0 saturated carbocycles. The van der Waals surface area contributed by atoms with Crippen LogP contribution in [0, 0.1) is 13.8 Å². The molecule has 22 heavy (non-hydrogen) atoms. The maximum atomic E-state index is 12.5. The van der Waals surface area contributed by atoms with Crippen LogP contribution in [0.2, 0.25) is 0 Å². The first-order valence-corrected chi connectivity index (χ1v) is 6.52. The van der Waals surface area contributed by atoms with Crippen LogP contribution in [-0.2, 0) is 0 Å². The molecule has 0 aliphatic heterocycles. The molecule has 2 aromatic rings. The van der Waals surface area contributed by atoms with Crippen molar-refractivity contribution in [3.05, 3.63) is 69.8 Å². The van der Waals surface area contributed by atoms with E-state index < -0.39 is 17.7 Å². The molecule has 0 spiro atoms. The summed E-state index contributed by atoms with van der Waals surface area (Å²) in [6.07, 6.45) is 0. The zero-order chi connectivity index (χ0) is 16.4. The smallest absolute Gasteiger partial charge is 0.335 e. The van der Waals surface area contributed by atoms with E-state index in [2.05, 4.69) is 0 Å². The molecule has 112 valence electrons. The van der Waals surface area contributed by atoms with Gasteiger partial charge in [0.05, 0.1) is 11.1 Å². The average molecular weight is 298 g/mol. The number of hydrogen-bond donors (Lipinski definition) is 2. The van der Waals surface area contributed by atoms with Gasteiger partial charge in [0.15, 0.2) is 5.78 Å². The number of benzene rings is 2. The normalized spacial score (nSPS) is 10.3. The van der Waals surface area contributed by atoms with Gasteiger partial charge >= 0.3 is 11.9 Å². The molecule has 0 radical (unpaired) electrons. The third-order valence-corrected chi connectivity index (χ3v) is 3.17. The predicted octanol–water partition coefficient (Wildman–Crippen LogP) is 2.93. The summed E-state index contributed by atoms with van der Waals surface area (Å²) in [7, 11) is 0. The summed E-state index contributed by atoms with van der Waals surface area (Å²) in [5.74, 6) is -2.64. The van der Waals surface area contributed by atoms with Gasteiger partial charge in [-0.3, -0.25) is 4.79 Å². The molecule has 2 aromatic carbocycles. The maximum Gasteiger partial charge on any atom is 0.335 e. The highest BCUT2D eigenvalue weighted by Crippen LogP contribution is 2.17. The number of ketones is 1. The van der Waals surface area contributed by atoms with Crippen LogP contribution in [0.5, 0.6) is 0 Å². The lowest BCUT2D eigenvalue weighted by Gasteiger charge is -2.07. The largest absolute Gasteiger partial charge is 0.478 e. The molecule has 5 heteroatoms. The van der Waals surface area contributed by atoms with Crippen LogP contribution in [-0.4, -0.2) is 27.9 Å². The van der Waals surface area contributed by atoms with Crippen molar-refractivity contribution in [3.8, 4) is 0 Å². The van der Waals surface area contributed by atoms with Crippen LogP contribution < -0.4 is 0 Å². The molecule has 0 fully saturated rings. The van der Waals surface area contributed by atoms with E-state index in [9.17, 15) is 14.4 Å². The van der Waals surface area contributed by atoms with Crippen molar-refractivity contribution in [2.75, 3.05) is 0 Å². The quantitative estimate of drug-likeness (QED) is 0.847. The molecular formula is C17H14O5. The monoisotopic (exact) mass is 298 g/mol. The number of aromatic carboxylic acids is 2. The minimum absolute atomic E-state index is 0.0226. The predicted molar refractivity (Wildman–Crippen MR) is 79.7 cm³/mol. The van der Waals surface area contributed by atoms with Gasteiger partial charge in [-0.1, -0.05) is 0 Å². The molecular weight excluding hydrogens is 284 g/mol. The van der Waals surface area contributed by atoms with Gasteiger partial charge in [-0.2, -0.15) is 0 Å². The van der Waals surface area contributed by atoms with E-state index >= 15 is 0 Å². The van der Waals surface area contributed by atoms with Gasteiger partial charge in [-0.15, -0.1) is 0 Å². The van der Waals surface area contributed by atoms with Crippen molar-refractivity contribution in [2.45, 2.75) is 13.8 Å². The Balaban J connectivity index is 2.53. The fourth-order valence-corrected chi connectivity index (χ4v) is 2.24. The molecule has 0 saturated heterocycles. The zero-order valence-electron chi connectivity index (χ0n) is 12.1. The Hall–Kier alpha value is -2.95. The summed E-state index contributed by atoms with van der Waals surface area (Å²) in [5, 5.41) is 18.1. The van der Waals surface area contributed by atoms with Crippen molar-refractivity contribution < 1.29 is 24.6 Å². The first-order chi connectivity index (χ1) is 10.3. The highest BCUT2D eigenvalue weighted by molar-refractivity contribution is 6.11. The molecule has 0 atom stereocenters. The van der Waals surface area contributed by atoms with Crippen LogP contribution >= 0.6 is 0 Å². The van der Waals surface area contributed by atoms with E-state index in [1.165, 1.54) is 24.3 Å². The van der Waals surface area contributed by atoms with Gasteiger partial charge < -0.3 is 10.2 Å². The van der Waals surface area contributed by atoms with Crippen molar-refractivity contribution in [2.24, 2.45) is 0 Å². The van der Waals surface area contributed by atoms with Gasteiger partial charge in [0.2, 0.25) is 0 Å². The highest BCUT2D eigenvalue weighted by Gasteiger charge is 2.15. The Morgan fingerprint density at radius 1 is 0.636 bits per heavy atom. The van der Waals surface area contributed by atoms with Gasteiger partial charge in [0, 0.05) is 11.1 Å². The van der Waals surface area contributed by atoms with Crippen LogP contribution in [0.1, 0.15) is 47.8 Å². The summed E-state index contributed by atoms with van der Waals surface area (Å²) >= 11 is 0. The molecule has 0 aromatic heterocycles. The number of carboxylic acids is 2. The molecule has 2 N–H and O–H groups in total. The lowest BCUT2D eigenvalue weighted by molar-refractivity contribution is 0.0686. The topological polar surface area (TPSA) is 91.7 Å². The van der Waals surface area contributed by atoms with E-state index in [0.29, 0.717) is 11.1 Å². The molecule has 0 bridgehead atoms. The SMILES string of the molecule is Cc1cc(C(=O)O)cc(C(=O)c2cc(C)cc(C(=O)O)c2)c1. The Morgan fingerprint density at radius 3 is 1.27 bits per heavy atom. The second-order valence-corrected chi connectivity index (χ2v) is 5.11. The van der Waals surface area contributed by atoms with Gasteiger partial charge in [0.25, 0.3) is 0 Å². The lowest BCUT2D eigenvalue weighted by atomic mass is 9.96.